The monoisotopic (exact) mass is 597 g/mol. The Morgan fingerprint density at radius 3 is 2.10 bits per heavy atom. The van der Waals surface area contributed by atoms with Crippen molar-refractivity contribution in [3.05, 3.63) is 70.6 Å². The third kappa shape index (κ3) is 5.54. The van der Waals surface area contributed by atoms with E-state index in [1.165, 1.54) is 43.3 Å². The molecule has 2 fully saturated rings. The van der Waals surface area contributed by atoms with Crippen LogP contribution in [0.3, 0.4) is 0 Å². The van der Waals surface area contributed by atoms with Gasteiger partial charge in [-0.05, 0) is 31.2 Å². The SMILES string of the molecule is C[C@@H]1O[C@@H](OC[C@H]2O[C@H](OC3=C(c4ccc(O)cc4)[OH+]C4C=C(O)C(O)=C(O)C4=C3)[C@H](O)[C@@H](O)[C@@H]2O)[C@H](O)[C@H](O)[C@H]1O. The Bertz CT molecular complexity index is 1290. The van der Waals surface area contributed by atoms with Crippen molar-refractivity contribution in [1.82, 2.24) is 0 Å². The molecule has 4 aliphatic rings. The number of phenolic OH excluding ortho intramolecular Hbond substituents is 1. The highest BCUT2D eigenvalue weighted by Gasteiger charge is 2.48. The van der Waals surface area contributed by atoms with Crippen molar-refractivity contribution >= 4 is 5.76 Å². The van der Waals surface area contributed by atoms with Gasteiger partial charge in [-0.3, -0.25) is 0 Å². The van der Waals surface area contributed by atoms with Gasteiger partial charge in [0.05, 0.1) is 29.9 Å². The van der Waals surface area contributed by atoms with Crippen molar-refractivity contribution in [3.8, 4) is 5.75 Å². The molecule has 0 bridgehead atoms. The van der Waals surface area contributed by atoms with E-state index < -0.39 is 91.4 Å². The summed E-state index contributed by atoms with van der Waals surface area (Å²) in [5.74, 6) is -2.07. The van der Waals surface area contributed by atoms with Gasteiger partial charge in [-0.15, -0.1) is 0 Å². The minimum absolute atomic E-state index is 0.0342. The standard InChI is InChI=1S/C27H32O15/c1-9-17(30)21(34)23(36)26(39-9)38-8-16-20(33)22(35)24(37)27(42-16)41-15-6-12-14(7-13(29)19(32)18(12)31)40-25(15)10-2-4-11(28)5-3-10/h2-7,9,14,16-17,20-24,26-37H,8H2,1H3/p+1/t9-,14?,16+,17-,20+,21+,22-,23+,24+,26+,27-/m0/s1. The first-order chi connectivity index (χ1) is 19.9. The molecule has 0 aromatic heterocycles. The molecule has 1 aromatic rings. The molecule has 1 aliphatic carbocycles. The molecule has 5 rings (SSSR count). The maximum Gasteiger partial charge on any atom is 0.305 e. The quantitative estimate of drug-likeness (QED) is 0.165. The molecule has 2 saturated heterocycles. The van der Waals surface area contributed by atoms with Crippen LogP contribution in [0.1, 0.15) is 12.5 Å². The van der Waals surface area contributed by atoms with Crippen LogP contribution >= 0.6 is 0 Å². The number of benzene rings is 1. The Morgan fingerprint density at radius 1 is 0.762 bits per heavy atom. The lowest BCUT2D eigenvalue weighted by Crippen LogP contribution is -2.61. The van der Waals surface area contributed by atoms with Crippen LogP contribution in [0.5, 0.6) is 5.75 Å². The number of hydrogen-bond donors (Lipinski definition) is 10. The summed E-state index contributed by atoms with van der Waals surface area (Å²) < 4.78 is 27.0. The summed E-state index contributed by atoms with van der Waals surface area (Å²) in [4.78, 5) is 0. The fraction of sp³-hybridized carbons (Fsp3) is 0.481. The van der Waals surface area contributed by atoms with Gasteiger partial charge in [0, 0.05) is 6.08 Å². The molecule has 15 nitrogen and oxygen atoms in total. The second-order valence-corrected chi connectivity index (χ2v) is 10.3. The van der Waals surface area contributed by atoms with Crippen LogP contribution in [0.25, 0.3) is 5.76 Å². The summed E-state index contributed by atoms with van der Waals surface area (Å²) in [5.41, 5.74) is 0.445. The second-order valence-electron chi connectivity index (χ2n) is 10.3. The van der Waals surface area contributed by atoms with Crippen molar-refractivity contribution < 1.29 is 74.7 Å². The van der Waals surface area contributed by atoms with Crippen LogP contribution in [-0.4, -0.2) is 130 Å². The predicted octanol–water partition coefficient (Wildman–Crippen LogP) is -1.65. The summed E-state index contributed by atoms with van der Waals surface area (Å²) in [7, 11) is 0. The van der Waals surface area contributed by atoms with Crippen LogP contribution in [0, 0.1) is 0 Å². The molecule has 15 heteroatoms. The molecule has 0 amide bonds. The van der Waals surface area contributed by atoms with Crippen molar-refractivity contribution in [1.29, 1.82) is 0 Å². The van der Waals surface area contributed by atoms with Crippen LogP contribution in [0.15, 0.2) is 65.0 Å². The van der Waals surface area contributed by atoms with E-state index in [4.69, 9.17) is 18.9 Å². The number of aromatic hydroxyl groups is 1. The van der Waals surface area contributed by atoms with E-state index in [-0.39, 0.29) is 22.8 Å². The van der Waals surface area contributed by atoms with E-state index in [1.54, 1.807) is 0 Å². The number of aliphatic hydroxyl groups is 11. The van der Waals surface area contributed by atoms with E-state index in [0.717, 1.165) is 0 Å². The second kappa shape index (κ2) is 11.7. The van der Waals surface area contributed by atoms with Gasteiger partial charge in [0.2, 0.25) is 23.9 Å². The number of rotatable bonds is 6. The smallest absolute Gasteiger partial charge is 0.305 e. The molecule has 11 atom stereocenters. The highest BCUT2D eigenvalue weighted by atomic mass is 16.7. The largest absolute Gasteiger partial charge is 0.571 e. The molecular formula is C27H33O15+. The first-order valence-corrected chi connectivity index (χ1v) is 13.0. The molecule has 230 valence electrons. The average Bonchev–Trinajstić information content (AvgIpc) is 2.97. The maximum atomic E-state index is 10.7. The van der Waals surface area contributed by atoms with Gasteiger partial charge in [-0.25, -0.2) is 0 Å². The van der Waals surface area contributed by atoms with Crippen molar-refractivity contribution in [3.63, 3.8) is 0 Å². The zero-order valence-corrected chi connectivity index (χ0v) is 22.1. The molecule has 42 heavy (non-hydrogen) atoms. The number of allylic oxidation sites excluding steroid dienone is 1. The zero-order valence-electron chi connectivity index (χ0n) is 22.1. The Hall–Kier alpha value is -3.38. The molecule has 3 aliphatic heterocycles. The third-order valence-electron chi connectivity index (χ3n) is 7.45. The Labute approximate surface area is 238 Å². The van der Waals surface area contributed by atoms with Gasteiger partial charge in [-0.1, -0.05) is 0 Å². The first-order valence-electron chi connectivity index (χ1n) is 13.0. The molecule has 3 heterocycles. The number of hydrogen-bond acceptors (Lipinski definition) is 14. The average molecular weight is 598 g/mol. The normalized spacial score (nSPS) is 38.8. The van der Waals surface area contributed by atoms with Gasteiger partial charge in [0.15, 0.2) is 17.8 Å². The number of ether oxygens (including phenoxy) is 5. The van der Waals surface area contributed by atoms with E-state index >= 15 is 0 Å². The first kappa shape index (κ1) is 30.1. The van der Waals surface area contributed by atoms with Gasteiger partial charge in [0.25, 0.3) is 0 Å². The fourth-order valence-electron chi connectivity index (χ4n) is 4.93. The van der Waals surface area contributed by atoms with Crippen molar-refractivity contribution in [2.24, 2.45) is 0 Å². The molecule has 0 radical (unpaired) electrons. The summed E-state index contributed by atoms with van der Waals surface area (Å²) >= 11 is 0. The molecule has 0 saturated carbocycles. The van der Waals surface area contributed by atoms with Crippen molar-refractivity contribution in [2.75, 3.05) is 6.61 Å². The van der Waals surface area contributed by atoms with E-state index in [9.17, 15) is 51.1 Å². The van der Waals surface area contributed by atoms with Gasteiger partial charge in [-0.2, -0.15) is 0 Å². The van der Waals surface area contributed by atoms with E-state index in [2.05, 4.69) is 4.74 Å². The fourth-order valence-corrected chi connectivity index (χ4v) is 4.93. The minimum atomic E-state index is -1.80. The summed E-state index contributed by atoms with van der Waals surface area (Å²) in [6.45, 7) is 0.941. The summed E-state index contributed by atoms with van der Waals surface area (Å²) in [6.07, 6.45) is -13.7. The van der Waals surface area contributed by atoms with Crippen LogP contribution < -0.4 is 0 Å². The molecule has 1 unspecified atom stereocenters. The molecule has 11 N–H and O–H groups in total. The third-order valence-corrected chi connectivity index (χ3v) is 7.45. The molecular weight excluding hydrogens is 564 g/mol. The topological polar surface area (TPSA) is 252 Å². The zero-order chi connectivity index (χ0) is 30.5. The van der Waals surface area contributed by atoms with Crippen LogP contribution in [0.2, 0.25) is 0 Å². The van der Waals surface area contributed by atoms with Gasteiger partial charge < -0.3 is 74.7 Å². The Balaban J connectivity index is 1.40. The maximum absolute atomic E-state index is 10.7. The Kier molecular flexibility index (Phi) is 8.39. The number of phenols is 1. The highest BCUT2D eigenvalue weighted by molar-refractivity contribution is 5.68. The lowest BCUT2D eigenvalue weighted by atomic mass is 9.96. The summed E-state index contributed by atoms with van der Waals surface area (Å²) in [6, 6.07) is 5.77. The Morgan fingerprint density at radius 2 is 1.40 bits per heavy atom. The van der Waals surface area contributed by atoms with Gasteiger partial charge >= 0.3 is 5.76 Å². The van der Waals surface area contributed by atoms with E-state index in [0.29, 0.717) is 5.56 Å². The molecule has 0 spiro atoms. The summed E-state index contributed by atoms with van der Waals surface area (Å²) in [5, 5.41) is 102. The van der Waals surface area contributed by atoms with Crippen molar-refractivity contribution in [2.45, 2.75) is 74.4 Å². The highest BCUT2D eigenvalue weighted by Crippen LogP contribution is 2.38. The predicted molar refractivity (Wildman–Crippen MR) is 138 cm³/mol. The van der Waals surface area contributed by atoms with Gasteiger partial charge in [0.1, 0.15) is 48.5 Å². The lowest BCUT2D eigenvalue weighted by Gasteiger charge is -2.42. The lowest BCUT2D eigenvalue weighted by molar-refractivity contribution is -0.323. The van der Waals surface area contributed by atoms with E-state index in [1.807, 2.05) is 0 Å². The number of aliphatic hydroxyl groups excluding tert-OH is 9. The van der Waals surface area contributed by atoms with Crippen LogP contribution in [0.4, 0.5) is 0 Å². The molecule has 1 aromatic carbocycles. The minimum Gasteiger partial charge on any atom is -0.571 e. The number of fused-ring (bicyclic) bond motifs is 1. The van der Waals surface area contributed by atoms with Crippen LogP contribution in [-0.2, 0) is 18.9 Å².